The number of rotatable bonds is 1. The smallest absolute Gasteiger partial charge is 0.278 e. The number of ether oxygens (including phenoxy) is 2. The van der Waals surface area contributed by atoms with Gasteiger partial charge in [-0.1, -0.05) is 53.5 Å². The van der Waals surface area contributed by atoms with Gasteiger partial charge in [-0.15, -0.1) is 0 Å². The van der Waals surface area contributed by atoms with Gasteiger partial charge in [0.05, 0.1) is 12.9 Å². The lowest BCUT2D eigenvalue weighted by atomic mass is 10.2. The van der Waals surface area contributed by atoms with E-state index in [1.165, 1.54) is 0 Å². The summed E-state index contributed by atoms with van der Waals surface area (Å²) in [6, 6.07) is 9.31. The van der Waals surface area contributed by atoms with E-state index in [0.29, 0.717) is 6.61 Å². The fourth-order valence-corrected chi connectivity index (χ4v) is 1.94. The number of aromatic nitrogens is 2. The number of imidazole rings is 1. The van der Waals surface area contributed by atoms with Crippen LogP contribution in [-0.2, 0) is 14.7 Å². The molecule has 0 spiro atoms. The number of nitrogens with zero attached hydrogens (tertiary/aromatic N) is 1. The highest BCUT2D eigenvalue weighted by atomic mass is 35.5. The Morgan fingerprint density at radius 3 is 2.56 bits per heavy atom. The summed E-state index contributed by atoms with van der Waals surface area (Å²) in [4.78, 5) is 6.42. The second-order valence-electron chi connectivity index (χ2n) is 3.50. The molecule has 0 amide bonds. The molecule has 1 fully saturated rings. The third-order valence-corrected chi connectivity index (χ3v) is 2.84. The first-order valence-electron chi connectivity index (χ1n) is 5.34. The molecule has 18 heavy (non-hydrogen) atoms. The number of alkyl halides is 2. The molecular formula is C12H12Cl2N2O2. The van der Waals surface area contributed by atoms with Crippen molar-refractivity contribution in [2.45, 2.75) is 10.8 Å². The number of nitrogens with one attached hydrogen (secondary N) is 1. The van der Waals surface area contributed by atoms with E-state index in [0.717, 1.165) is 5.56 Å². The van der Waals surface area contributed by atoms with Gasteiger partial charge in [0.1, 0.15) is 0 Å². The van der Waals surface area contributed by atoms with E-state index >= 15 is 0 Å². The monoisotopic (exact) mass is 286 g/mol. The van der Waals surface area contributed by atoms with Crippen LogP contribution in [0.5, 0.6) is 0 Å². The molecule has 0 bridgehead atoms. The van der Waals surface area contributed by atoms with Gasteiger partial charge in [0.25, 0.3) is 5.25 Å². The minimum Gasteiger partial charge on any atom is -0.351 e. The highest BCUT2D eigenvalue weighted by molar-refractivity contribution is 6.24. The molecule has 0 radical (unpaired) electrons. The van der Waals surface area contributed by atoms with Crippen molar-refractivity contribution in [1.82, 2.24) is 9.97 Å². The van der Waals surface area contributed by atoms with Gasteiger partial charge in [0.15, 0.2) is 5.56 Å². The average molecular weight is 287 g/mol. The Labute approximate surface area is 115 Å². The highest BCUT2D eigenvalue weighted by Gasteiger charge is 2.40. The molecule has 1 N–H and O–H groups in total. The van der Waals surface area contributed by atoms with E-state index in [-0.39, 0.29) is 0 Å². The molecule has 3 rings (SSSR count). The SMILES string of the molecule is ClC1COC(Cl)(c2ccccc2)O1.c1c[nH]cn1. The summed E-state index contributed by atoms with van der Waals surface area (Å²) >= 11 is 11.8. The fourth-order valence-electron chi connectivity index (χ4n) is 1.41. The maximum atomic E-state index is 6.06. The molecule has 0 saturated carbocycles. The van der Waals surface area contributed by atoms with Gasteiger partial charge in [-0.3, -0.25) is 0 Å². The molecule has 1 saturated heterocycles. The van der Waals surface area contributed by atoms with E-state index in [1.54, 1.807) is 18.7 Å². The van der Waals surface area contributed by atoms with Crippen LogP contribution in [0.1, 0.15) is 5.56 Å². The molecule has 1 aromatic heterocycles. The quantitative estimate of drug-likeness (QED) is 0.820. The Hall–Kier alpha value is -1.07. The zero-order valence-corrected chi connectivity index (χ0v) is 10.9. The molecule has 1 aromatic carbocycles. The lowest BCUT2D eigenvalue weighted by Gasteiger charge is -2.19. The van der Waals surface area contributed by atoms with Crippen molar-refractivity contribution in [2.24, 2.45) is 0 Å². The van der Waals surface area contributed by atoms with E-state index in [2.05, 4.69) is 9.97 Å². The van der Waals surface area contributed by atoms with Crippen LogP contribution in [-0.4, -0.2) is 22.1 Å². The van der Waals surface area contributed by atoms with Crippen LogP contribution in [0.2, 0.25) is 0 Å². The van der Waals surface area contributed by atoms with E-state index < -0.39 is 10.8 Å². The van der Waals surface area contributed by atoms with Crippen LogP contribution in [0.3, 0.4) is 0 Å². The summed E-state index contributed by atoms with van der Waals surface area (Å²) < 4.78 is 10.5. The van der Waals surface area contributed by atoms with Crippen molar-refractivity contribution in [1.29, 1.82) is 0 Å². The minimum atomic E-state index is -1.20. The predicted octanol–water partition coefficient (Wildman–Crippen LogP) is 3.06. The number of benzene rings is 1. The summed E-state index contributed by atoms with van der Waals surface area (Å²) in [6.07, 6.45) is 5.08. The van der Waals surface area contributed by atoms with Crippen LogP contribution >= 0.6 is 23.2 Å². The normalized spacial score (nSPS) is 26.4. The van der Waals surface area contributed by atoms with E-state index in [9.17, 15) is 0 Å². The van der Waals surface area contributed by atoms with Crippen molar-refractivity contribution in [3.8, 4) is 0 Å². The Morgan fingerprint density at radius 2 is 2.11 bits per heavy atom. The number of H-pyrrole nitrogens is 1. The number of hydrogen-bond acceptors (Lipinski definition) is 3. The lowest BCUT2D eigenvalue weighted by molar-refractivity contribution is -0.0944. The highest BCUT2D eigenvalue weighted by Crippen LogP contribution is 2.38. The zero-order chi connectivity index (χ0) is 12.8. The van der Waals surface area contributed by atoms with Gasteiger partial charge < -0.3 is 14.5 Å². The van der Waals surface area contributed by atoms with Crippen molar-refractivity contribution in [3.05, 3.63) is 54.6 Å². The maximum absolute atomic E-state index is 6.06. The molecule has 2 aromatic rings. The first kappa shape index (κ1) is 13.4. The Morgan fingerprint density at radius 1 is 1.33 bits per heavy atom. The summed E-state index contributed by atoms with van der Waals surface area (Å²) in [5.41, 5.74) is 0.289. The fraction of sp³-hybridized carbons (Fsp3) is 0.250. The first-order valence-corrected chi connectivity index (χ1v) is 6.15. The van der Waals surface area contributed by atoms with Gasteiger partial charge in [0, 0.05) is 18.0 Å². The zero-order valence-electron chi connectivity index (χ0n) is 9.42. The third kappa shape index (κ3) is 3.46. The molecule has 2 heterocycles. The molecule has 1 aliphatic heterocycles. The van der Waals surface area contributed by atoms with Crippen molar-refractivity contribution >= 4 is 23.2 Å². The van der Waals surface area contributed by atoms with Crippen LogP contribution < -0.4 is 0 Å². The average Bonchev–Trinajstić information content (AvgIpc) is 3.05. The summed E-state index contributed by atoms with van der Waals surface area (Å²) in [5.74, 6) is 0. The van der Waals surface area contributed by atoms with Crippen LogP contribution in [0.15, 0.2) is 49.1 Å². The Kier molecular flexibility index (Phi) is 4.60. The second kappa shape index (κ2) is 6.20. The molecule has 6 heteroatoms. The van der Waals surface area contributed by atoms with Crippen molar-refractivity contribution in [2.75, 3.05) is 6.61 Å². The van der Waals surface area contributed by atoms with Gasteiger partial charge in [0.2, 0.25) is 0 Å². The second-order valence-corrected chi connectivity index (χ2v) is 4.49. The number of aromatic amines is 1. The standard InChI is InChI=1S/C9H8Cl2O2.C3H4N2/c10-8-6-12-9(11,13-8)7-4-2-1-3-5-7;1-2-5-3-4-1/h1-5,8H,6H2;1-3H,(H,4,5). The molecule has 1 aliphatic rings. The van der Waals surface area contributed by atoms with Crippen LogP contribution in [0, 0.1) is 0 Å². The van der Waals surface area contributed by atoms with Gasteiger partial charge in [-0.25, -0.2) is 4.98 Å². The summed E-state index contributed by atoms with van der Waals surface area (Å²) in [7, 11) is 0. The van der Waals surface area contributed by atoms with E-state index in [1.807, 2.05) is 30.3 Å². The number of hydrogen-bond donors (Lipinski definition) is 1. The molecular weight excluding hydrogens is 275 g/mol. The van der Waals surface area contributed by atoms with Crippen LogP contribution in [0.25, 0.3) is 0 Å². The van der Waals surface area contributed by atoms with Crippen molar-refractivity contribution < 1.29 is 9.47 Å². The largest absolute Gasteiger partial charge is 0.351 e. The van der Waals surface area contributed by atoms with E-state index in [4.69, 9.17) is 32.7 Å². The minimum absolute atomic E-state index is 0.306. The van der Waals surface area contributed by atoms with Gasteiger partial charge >= 0.3 is 0 Å². The maximum Gasteiger partial charge on any atom is 0.278 e. The third-order valence-electron chi connectivity index (χ3n) is 2.20. The van der Waals surface area contributed by atoms with Gasteiger partial charge in [-0.2, -0.15) is 0 Å². The predicted molar refractivity (Wildman–Crippen MR) is 69.2 cm³/mol. The van der Waals surface area contributed by atoms with Gasteiger partial charge in [-0.05, 0) is 0 Å². The summed E-state index contributed by atoms with van der Waals surface area (Å²) in [5, 5.41) is -1.20. The number of halogens is 2. The molecule has 2 unspecified atom stereocenters. The molecule has 0 aliphatic carbocycles. The van der Waals surface area contributed by atoms with Crippen LogP contribution in [0.4, 0.5) is 0 Å². The Bertz CT molecular complexity index is 435. The lowest BCUT2D eigenvalue weighted by Crippen LogP contribution is -2.19. The Balaban J connectivity index is 0.000000202. The molecule has 96 valence electrons. The topological polar surface area (TPSA) is 47.1 Å². The molecule has 2 atom stereocenters. The van der Waals surface area contributed by atoms with Crippen molar-refractivity contribution in [3.63, 3.8) is 0 Å². The molecule has 4 nitrogen and oxygen atoms in total. The summed E-state index contributed by atoms with van der Waals surface area (Å²) in [6.45, 7) is 0.306. The first-order chi connectivity index (χ1) is 8.71.